The minimum Gasteiger partial charge on any atom is -0.493 e. The molecule has 0 spiro atoms. The van der Waals surface area contributed by atoms with Gasteiger partial charge in [-0.15, -0.1) is 5.10 Å². The van der Waals surface area contributed by atoms with Gasteiger partial charge in [0.1, 0.15) is 18.4 Å². The molecule has 1 aromatic carbocycles. The van der Waals surface area contributed by atoms with Crippen LogP contribution in [-0.2, 0) is 0 Å². The molecule has 0 bridgehead atoms. The summed E-state index contributed by atoms with van der Waals surface area (Å²) in [6, 6.07) is 12.2. The molecule has 0 radical (unpaired) electrons. The number of aromatic nitrogens is 5. The summed E-state index contributed by atoms with van der Waals surface area (Å²) >= 11 is 0. The zero-order valence-electron chi connectivity index (χ0n) is 16.9. The molecule has 1 N–H and O–H groups in total. The molecule has 0 amide bonds. The van der Waals surface area contributed by atoms with E-state index in [0.29, 0.717) is 17.8 Å². The average Bonchev–Trinajstić information content (AvgIpc) is 3.33. The Morgan fingerprint density at radius 2 is 1.93 bits per heavy atom. The van der Waals surface area contributed by atoms with Crippen molar-refractivity contribution in [2.75, 3.05) is 13.2 Å². The molecule has 1 aliphatic heterocycles. The van der Waals surface area contributed by atoms with E-state index >= 15 is 0 Å². The summed E-state index contributed by atoms with van der Waals surface area (Å²) < 4.78 is 8.98. The second kappa shape index (κ2) is 8.39. The molecule has 2 aliphatic rings. The van der Waals surface area contributed by atoms with Gasteiger partial charge in [-0.25, -0.2) is 14.3 Å². The number of rotatable bonds is 5. The first-order valence-corrected chi connectivity index (χ1v) is 10.7. The summed E-state index contributed by atoms with van der Waals surface area (Å²) in [6.45, 7) is 1.75. The van der Waals surface area contributed by atoms with E-state index in [1.165, 1.54) is 11.9 Å². The molecule has 3 aromatic rings. The van der Waals surface area contributed by atoms with Gasteiger partial charge in [-0.3, -0.25) is 4.79 Å². The summed E-state index contributed by atoms with van der Waals surface area (Å²) in [4.78, 5) is 16.4. The van der Waals surface area contributed by atoms with Gasteiger partial charge in [-0.1, -0.05) is 18.2 Å². The maximum atomic E-state index is 12.4. The van der Waals surface area contributed by atoms with Crippen molar-refractivity contribution in [3.05, 3.63) is 65.0 Å². The zero-order chi connectivity index (χ0) is 20.3. The zero-order valence-corrected chi connectivity index (χ0v) is 16.9. The van der Waals surface area contributed by atoms with Crippen LogP contribution < -0.4 is 15.6 Å². The highest BCUT2D eigenvalue weighted by atomic mass is 16.5. The fourth-order valence-corrected chi connectivity index (χ4v) is 4.59. The van der Waals surface area contributed by atoms with Gasteiger partial charge < -0.3 is 10.1 Å². The molecule has 8 nitrogen and oxygen atoms in total. The number of benzene rings is 1. The van der Waals surface area contributed by atoms with Gasteiger partial charge in [-0.2, -0.15) is 5.10 Å². The minimum absolute atomic E-state index is 0.0610. The highest BCUT2D eigenvalue weighted by Gasteiger charge is 2.26. The van der Waals surface area contributed by atoms with Crippen molar-refractivity contribution >= 4 is 0 Å². The van der Waals surface area contributed by atoms with E-state index in [1.54, 1.807) is 27.8 Å². The summed E-state index contributed by atoms with van der Waals surface area (Å²) in [6.07, 6.45) is 8.06. The van der Waals surface area contributed by atoms with E-state index in [1.807, 2.05) is 6.07 Å². The van der Waals surface area contributed by atoms with Gasteiger partial charge in [0.05, 0.1) is 12.6 Å². The molecule has 156 valence electrons. The quantitative estimate of drug-likeness (QED) is 0.700. The molecule has 1 aliphatic carbocycles. The van der Waals surface area contributed by atoms with Crippen LogP contribution in [0.4, 0.5) is 0 Å². The van der Waals surface area contributed by atoms with E-state index in [-0.39, 0.29) is 11.6 Å². The van der Waals surface area contributed by atoms with Crippen LogP contribution >= 0.6 is 0 Å². The maximum Gasteiger partial charge on any atom is 0.267 e. The van der Waals surface area contributed by atoms with Crippen LogP contribution in [0.25, 0.3) is 5.82 Å². The first-order chi connectivity index (χ1) is 14.8. The Bertz CT molecular complexity index is 1040. The van der Waals surface area contributed by atoms with Crippen LogP contribution in [-0.4, -0.2) is 43.7 Å². The lowest BCUT2D eigenvalue weighted by molar-refractivity contribution is 0.244. The standard InChI is InChI=1S/C22H26N6O2/c29-22-10-9-21(27-15-23-14-25-27)26-28(22)18-7-5-17(6-8-18)24-13-16-11-12-30-20-4-2-1-3-19(16)20/h1-4,9-10,14-18,24H,5-8,11-13H2. The monoisotopic (exact) mass is 406 g/mol. The third-order valence-corrected chi connectivity index (χ3v) is 6.24. The topological polar surface area (TPSA) is 86.9 Å². The highest BCUT2D eigenvalue weighted by molar-refractivity contribution is 5.37. The van der Waals surface area contributed by atoms with Crippen LogP contribution in [0.2, 0.25) is 0 Å². The largest absolute Gasteiger partial charge is 0.493 e. The Morgan fingerprint density at radius 3 is 2.77 bits per heavy atom. The van der Waals surface area contributed by atoms with Crippen molar-refractivity contribution in [3.8, 4) is 11.6 Å². The number of nitrogens with one attached hydrogen (secondary N) is 1. The fourth-order valence-electron chi connectivity index (χ4n) is 4.59. The molecule has 1 saturated carbocycles. The fraction of sp³-hybridized carbons (Fsp3) is 0.455. The van der Waals surface area contributed by atoms with Gasteiger partial charge in [0.25, 0.3) is 5.56 Å². The van der Waals surface area contributed by atoms with Crippen LogP contribution in [0.3, 0.4) is 0 Å². The maximum absolute atomic E-state index is 12.4. The summed E-state index contributed by atoms with van der Waals surface area (Å²) in [5.41, 5.74) is 1.25. The summed E-state index contributed by atoms with van der Waals surface area (Å²) in [5, 5.41) is 12.4. The third-order valence-electron chi connectivity index (χ3n) is 6.24. The SMILES string of the molecule is O=c1ccc(-n2cncn2)nn1C1CCC(NCC2CCOc3ccccc32)CC1. The van der Waals surface area contributed by atoms with E-state index in [0.717, 1.165) is 51.0 Å². The first kappa shape index (κ1) is 19.0. The van der Waals surface area contributed by atoms with Crippen molar-refractivity contribution in [2.45, 2.75) is 50.1 Å². The molecule has 1 atom stereocenters. The second-order valence-corrected chi connectivity index (χ2v) is 8.10. The molecular weight excluding hydrogens is 380 g/mol. The molecule has 2 aromatic heterocycles. The molecule has 5 rings (SSSR count). The van der Waals surface area contributed by atoms with Gasteiger partial charge in [0.2, 0.25) is 0 Å². The molecule has 1 fully saturated rings. The molecular formula is C22H26N6O2. The molecule has 0 saturated heterocycles. The Labute approximate surface area is 174 Å². The first-order valence-electron chi connectivity index (χ1n) is 10.7. The van der Waals surface area contributed by atoms with Crippen LogP contribution in [0.1, 0.15) is 49.6 Å². The van der Waals surface area contributed by atoms with Crippen LogP contribution in [0.15, 0.2) is 53.8 Å². The lowest BCUT2D eigenvalue weighted by atomic mass is 9.89. The number of hydrogen-bond donors (Lipinski definition) is 1. The van der Waals surface area contributed by atoms with Gasteiger partial charge in [-0.05, 0) is 49.8 Å². The minimum atomic E-state index is -0.0610. The molecule has 3 heterocycles. The predicted octanol–water partition coefficient (Wildman–Crippen LogP) is 2.46. The van der Waals surface area contributed by atoms with E-state index in [2.05, 4.69) is 38.7 Å². The number of fused-ring (bicyclic) bond motifs is 1. The Hall–Kier alpha value is -3.00. The van der Waals surface area contributed by atoms with Crippen LogP contribution in [0.5, 0.6) is 5.75 Å². The molecule has 1 unspecified atom stereocenters. The van der Waals surface area contributed by atoms with Crippen molar-refractivity contribution in [3.63, 3.8) is 0 Å². The average molecular weight is 406 g/mol. The van der Waals surface area contributed by atoms with Crippen molar-refractivity contribution in [2.24, 2.45) is 0 Å². The van der Waals surface area contributed by atoms with Crippen molar-refractivity contribution < 1.29 is 4.74 Å². The van der Waals surface area contributed by atoms with E-state index in [9.17, 15) is 4.79 Å². The molecule has 30 heavy (non-hydrogen) atoms. The van der Waals surface area contributed by atoms with Gasteiger partial charge in [0, 0.05) is 24.6 Å². The van der Waals surface area contributed by atoms with Crippen molar-refractivity contribution in [1.29, 1.82) is 0 Å². The van der Waals surface area contributed by atoms with E-state index < -0.39 is 0 Å². The number of ether oxygens (including phenoxy) is 1. The normalized spacial score (nSPS) is 23.5. The predicted molar refractivity (Wildman–Crippen MR) is 112 cm³/mol. The lowest BCUT2D eigenvalue weighted by Gasteiger charge is -2.32. The Balaban J connectivity index is 1.20. The van der Waals surface area contributed by atoms with E-state index in [4.69, 9.17) is 4.74 Å². The summed E-state index contributed by atoms with van der Waals surface area (Å²) in [5.74, 6) is 2.14. The smallest absolute Gasteiger partial charge is 0.267 e. The van der Waals surface area contributed by atoms with Crippen molar-refractivity contribution in [1.82, 2.24) is 29.9 Å². The van der Waals surface area contributed by atoms with Gasteiger partial charge in [0.15, 0.2) is 5.82 Å². The highest BCUT2D eigenvalue weighted by Crippen LogP contribution is 2.33. The lowest BCUT2D eigenvalue weighted by Crippen LogP contribution is -2.39. The number of nitrogens with zero attached hydrogens (tertiary/aromatic N) is 5. The van der Waals surface area contributed by atoms with Crippen LogP contribution in [0, 0.1) is 0 Å². The number of para-hydroxylation sites is 1. The number of hydrogen-bond acceptors (Lipinski definition) is 6. The Kier molecular flexibility index (Phi) is 5.31. The Morgan fingerprint density at radius 1 is 1.07 bits per heavy atom. The molecule has 8 heteroatoms. The summed E-state index contributed by atoms with van der Waals surface area (Å²) in [7, 11) is 0. The third kappa shape index (κ3) is 3.87. The van der Waals surface area contributed by atoms with Gasteiger partial charge >= 0.3 is 0 Å². The second-order valence-electron chi connectivity index (χ2n) is 8.10.